The molecular formula is C9H12N2O2. The molecule has 2 rings (SSSR count). The molecule has 0 bridgehead atoms. The molecule has 0 aromatic carbocycles. The molecule has 2 heterocycles. The second-order valence-corrected chi connectivity index (χ2v) is 3.32. The van der Waals surface area contributed by atoms with Crippen molar-refractivity contribution in [1.82, 2.24) is 10.1 Å². The molecule has 4 nitrogen and oxygen atoms in total. The van der Waals surface area contributed by atoms with Gasteiger partial charge in [0, 0.05) is 6.07 Å². The topological polar surface area (TPSA) is 46.3 Å². The fourth-order valence-electron chi connectivity index (χ4n) is 1.62. The zero-order valence-corrected chi connectivity index (χ0v) is 7.40. The molecule has 1 aromatic heterocycles. The van der Waals surface area contributed by atoms with E-state index >= 15 is 0 Å². The van der Waals surface area contributed by atoms with Gasteiger partial charge in [0.25, 0.3) is 0 Å². The van der Waals surface area contributed by atoms with E-state index < -0.39 is 0 Å². The predicted octanol–water partition coefficient (Wildman–Crippen LogP) is 1.08. The number of nitrogens with zero attached hydrogens (tertiary/aromatic N) is 2. The molecule has 13 heavy (non-hydrogen) atoms. The molecule has 1 saturated heterocycles. The summed E-state index contributed by atoms with van der Waals surface area (Å²) in [5.41, 5.74) is 0.384. The van der Waals surface area contributed by atoms with Gasteiger partial charge in [0.15, 0.2) is 12.0 Å². The maximum Gasteiger partial charge on any atom is 0.171 e. The average Bonchev–Trinajstić information content (AvgIpc) is 2.76. The Morgan fingerprint density at radius 2 is 2.31 bits per heavy atom. The second kappa shape index (κ2) is 3.70. The summed E-state index contributed by atoms with van der Waals surface area (Å²) in [5.74, 6) is 0.781. The fraction of sp³-hybridized carbons (Fsp3) is 0.556. The van der Waals surface area contributed by atoms with Crippen LogP contribution in [0.15, 0.2) is 10.6 Å². The van der Waals surface area contributed by atoms with Crippen LogP contribution in [-0.4, -0.2) is 29.4 Å². The van der Waals surface area contributed by atoms with Crippen LogP contribution in [0.1, 0.15) is 29.1 Å². The minimum Gasteiger partial charge on any atom is -0.359 e. The lowest BCUT2D eigenvalue weighted by Crippen LogP contribution is -2.17. The monoisotopic (exact) mass is 180 g/mol. The Balaban J connectivity index is 1.96. The Kier molecular flexibility index (Phi) is 2.40. The summed E-state index contributed by atoms with van der Waals surface area (Å²) in [6, 6.07) is 1.70. The maximum absolute atomic E-state index is 10.3. The van der Waals surface area contributed by atoms with Gasteiger partial charge in [0.1, 0.15) is 5.69 Å². The Morgan fingerprint density at radius 1 is 1.54 bits per heavy atom. The third-order valence-electron chi connectivity index (χ3n) is 2.28. The molecule has 0 radical (unpaired) electrons. The molecule has 0 spiro atoms. The largest absolute Gasteiger partial charge is 0.359 e. The highest BCUT2D eigenvalue weighted by Gasteiger charge is 2.14. The molecule has 0 atom stereocenters. The molecule has 4 heteroatoms. The van der Waals surface area contributed by atoms with E-state index in [4.69, 9.17) is 4.52 Å². The summed E-state index contributed by atoms with van der Waals surface area (Å²) in [6.45, 7) is 3.02. The van der Waals surface area contributed by atoms with Gasteiger partial charge >= 0.3 is 0 Å². The van der Waals surface area contributed by atoms with Gasteiger partial charge in [-0.3, -0.25) is 9.69 Å². The van der Waals surface area contributed by atoms with Gasteiger partial charge in [-0.15, -0.1) is 0 Å². The Labute approximate surface area is 76.5 Å². The quantitative estimate of drug-likeness (QED) is 0.653. The first-order valence-corrected chi connectivity index (χ1v) is 4.51. The zero-order chi connectivity index (χ0) is 9.10. The highest BCUT2D eigenvalue weighted by Crippen LogP contribution is 2.12. The predicted molar refractivity (Wildman–Crippen MR) is 46.4 cm³/mol. The van der Waals surface area contributed by atoms with Gasteiger partial charge in [-0.1, -0.05) is 5.16 Å². The number of aldehydes is 1. The Bertz CT molecular complexity index is 290. The number of carbonyl (C=O) groups excluding carboxylic acids is 1. The summed E-state index contributed by atoms with van der Waals surface area (Å²) in [4.78, 5) is 12.6. The van der Waals surface area contributed by atoms with Gasteiger partial charge < -0.3 is 4.52 Å². The molecule has 0 aliphatic carbocycles. The van der Waals surface area contributed by atoms with Gasteiger partial charge in [-0.05, 0) is 25.9 Å². The van der Waals surface area contributed by atoms with E-state index in [9.17, 15) is 4.79 Å². The first-order valence-electron chi connectivity index (χ1n) is 4.51. The molecule has 0 saturated carbocycles. The van der Waals surface area contributed by atoms with Gasteiger partial charge in [-0.2, -0.15) is 0 Å². The third kappa shape index (κ3) is 1.95. The van der Waals surface area contributed by atoms with Crippen LogP contribution >= 0.6 is 0 Å². The van der Waals surface area contributed by atoms with Crippen molar-refractivity contribution in [3.8, 4) is 0 Å². The van der Waals surface area contributed by atoms with Gasteiger partial charge in [0.2, 0.25) is 0 Å². The van der Waals surface area contributed by atoms with E-state index in [1.165, 1.54) is 12.8 Å². The number of hydrogen-bond donors (Lipinski definition) is 0. The Hall–Kier alpha value is -1.16. The normalized spacial score (nSPS) is 17.8. The highest BCUT2D eigenvalue weighted by atomic mass is 16.5. The van der Waals surface area contributed by atoms with Gasteiger partial charge in [0.05, 0.1) is 6.54 Å². The minimum absolute atomic E-state index is 0.384. The lowest BCUT2D eigenvalue weighted by atomic mass is 10.3. The van der Waals surface area contributed by atoms with Crippen molar-refractivity contribution in [2.75, 3.05) is 13.1 Å². The smallest absolute Gasteiger partial charge is 0.171 e. The summed E-state index contributed by atoms with van der Waals surface area (Å²) in [5, 5.41) is 3.61. The highest BCUT2D eigenvalue weighted by molar-refractivity contribution is 5.71. The maximum atomic E-state index is 10.3. The average molecular weight is 180 g/mol. The summed E-state index contributed by atoms with van der Waals surface area (Å²) in [7, 11) is 0. The van der Waals surface area contributed by atoms with Crippen molar-refractivity contribution >= 4 is 6.29 Å². The van der Waals surface area contributed by atoms with E-state index in [-0.39, 0.29) is 0 Å². The third-order valence-corrected chi connectivity index (χ3v) is 2.28. The number of carbonyl (C=O) groups is 1. The van der Waals surface area contributed by atoms with Crippen molar-refractivity contribution in [2.24, 2.45) is 0 Å². The zero-order valence-electron chi connectivity index (χ0n) is 7.40. The van der Waals surface area contributed by atoms with Crippen LogP contribution in [-0.2, 0) is 6.54 Å². The van der Waals surface area contributed by atoms with Gasteiger partial charge in [-0.25, -0.2) is 0 Å². The van der Waals surface area contributed by atoms with Crippen LogP contribution in [0.2, 0.25) is 0 Å². The van der Waals surface area contributed by atoms with Crippen LogP contribution in [0.3, 0.4) is 0 Å². The van der Waals surface area contributed by atoms with Crippen molar-refractivity contribution in [1.29, 1.82) is 0 Å². The molecular weight excluding hydrogens is 168 g/mol. The lowest BCUT2D eigenvalue weighted by molar-refractivity contribution is 0.111. The molecule has 1 aromatic rings. The SMILES string of the molecule is O=Cc1cc(CN2CCCC2)on1. The van der Waals surface area contributed by atoms with Crippen LogP contribution < -0.4 is 0 Å². The first-order chi connectivity index (χ1) is 6.38. The molecule has 70 valence electrons. The van der Waals surface area contributed by atoms with Crippen molar-refractivity contribution in [2.45, 2.75) is 19.4 Å². The molecule has 1 fully saturated rings. The van der Waals surface area contributed by atoms with E-state index in [1.54, 1.807) is 6.07 Å². The fourth-order valence-corrected chi connectivity index (χ4v) is 1.62. The first kappa shape index (κ1) is 8.44. The minimum atomic E-state index is 0.384. The molecule has 0 amide bonds. The summed E-state index contributed by atoms with van der Waals surface area (Å²) >= 11 is 0. The number of likely N-dealkylation sites (tertiary alicyclic amines) is 1. The van der Waals surface area contributed by atoms with Crippen LogP contribution in [0.4, 0.5) is 0 Å². The van der Waals surface area contributed by atoms with Crippen LogP contribution in [0, 0.1) is 0 Å². The lowest BCUT2D eigenvalue weighted by Gasteiger charge is -2.10. The standard InChI is InChI=1S/C9H12N2O2/c12-7-8-5-9(13-10-8)6-11-3-1-2-4-11/h5,7H,1-4,6H2. The Morgan fingerprint density at radius 3 is 2.92 bits per heavy atom. The number of rotatable bonds is 3. The van der Waals surface area contributed by atoms with E-state index in [2.05, 4.69) is 10.1 Å². The molecule has 0 unspecified atom stereocenters. The van der Waals surface area contributed by atoms with Crippen molar-refractivity contribution < 1.29 is 9.32 Å². The molecule has 0 N–H and O–H groups in total. The summed E-state index contributed by atoms with van der Waals surface area (Å²) < 4.78 is 4.99. The molecule has 1 aliphatic rings. The van der Waals surface area contributed by atoms with Crippen LogP contribution in [0.5, 0.6) is 0 Å². The van der Waals surface area contributed by atoms with E-state index in [1.807, 2.05) is 0 Å². The van der Waals surface area contributed by atoms with Crippen molar-refractivity contribution in [3.63, 3.8) is 0 Å². The second-order valence-electron chi connectivity index (χ2n) is 3.32. The van der Waals surface area contributed by atoms with Crippen LogP contribution in [0.25, 0.3) is 0 Å². The summed E-state index contributed by atoms with van der Waals surface area (Å²) in [6.07, 6.45) is 3.22. The van der Waals surface area contributed by atoms with E-state index in [0.29, 0.717) is 12.0 Å². The molecule has 1 aliphatic heterocycles. The van der Waals surface area contributed by atoms with E-state index in [0.717, 1.165) is 25.4 Å². The number of aromatic nitrogens is 1. The number of hydrogen-bond acceptors (Lipinski definition) is 4. The van der Waals surface area contributed by atoms with Crippen molar-refractivity contribution in [3.05, 3.63) is 17.5 Å².